The standard InChI is InChI=1S/C21H33NO3S/c1-14(2)22-10-9-16(26(22,24)25)11-15-12-17(20(3,4)5)19(23)18(13-15)21(6,7)8/h11-14,23H,9-10H2,1-8H3/b16-11-. The van der Waals surface area contributed by atoms with E-state index in [0.717, 1.165) is 16.7 Å². The van der Waals surface area contributed by atoms with Crippen LogP contribution in [0.4, 0.5) is 0 Å². The summed E-state index contributed by atoms with van der Waals surface area (Å²) in [7, 11) is -3.40. The number of rotatable bonds is 2. The molecule has 0 radical (unpaired) electrons. The third-order valence-electron chi connectivity index (χ3n) is 4.87. The summed E-state index contributed by atoms with van der Waals surface area (Å²) in [5.41, 5.74) is 2.04. The van der Waals surface area contributed by atoms with E-state index < -0.39 is 10.0 Å². The van der Waals surface area contributed by atoms with Gasteiger partial charge in [-0.1, -0.05) is 41.5 Å². The molecule has 0 spiro atoms. The summed E-state index contributed by atoms with van der Waals surface area (Å²) in [6.07, 6.45) is 2.30. The molecule has 1 aliphatic heterocycles. The molecular weight excluding hydrogens is 346 g/mol. The first-order chi connectivity index (χ1) is 11.7. The van der Waals surface area contributed by atoms with Crippen molar-refractivity contribution in [3.8, 4) is 5.75 Å². The Kier molecular flexibility index (Phi) is 5.39. The van der Waals surface area contributed by atoms with Crippen LogP contribution in [0.25, 0.3) is 6.08 Å². The highest BCUT2D eigenvalue weighted by Gasteiger charge is 2.35. The molecule has 1 saturated heterocycles. The molecule has 0 bridgehead atoms. The zero-order chi connectivity index (χ0) is 20.1. The Labute approximate surface area is 159 Å². The molecule has 1 aromatic rings. The molecule has 1 heterocycles. The van der Waals surface area contributed by atoms with Gasteiger partial charge in [-0.25, -0.2) is 8.42 Å². The van der Waals surface area contributed by atoms with E-state index >= 15 is 0 Å². The number of hydrogen-bond acceptors (Lipinski definition) is 3. The number of phenolic OH excluding ortho intramolecular Hbond substituents is 1. The number of sulfonamides is 1. The third kappa shape index (κ3) is 3.99. The minimum absolute atomic E-state index is 0.0407. The predicted octanol–water partition coefficient (Wildman–Crippen LogP) is 4.77. The van der Waals surface area contributed by atoms with Gasteiger partial charge in [-0.3, -0.25) is 0 Å². The van der Waals surface area contributed by atoms with Crippen LogP contribution >= 0.6 is 0 Å². The summed E-state index contributed by atoms with van der Waals surface area (Å²) >= 11 is 0. The molecule has 0 amide bonds. The van der Waals surface area contributed by atoms with E-state index in [-0.39, 0.29) is 16.9 Å². The smallest absolute Gasteiger partial charge is 0.239 e. The molecule has 26 heavy (non-hydrogen) atoms. The summed E-state index contributed by atoms with van der Waals surface area (Å²) in [6, 6.07) is 3.80. The number of benzene rings is 1. The van der Waals surface area contributed by atoms with E-state index in [9.17, 15) is 13.5 Å². The average Bonchev–Trinajstić information content (AvgIpc) is 2.73. The molecule has 1 aromatic carbocycles. The van der Waals surface area contributed by atoms with Crippen LogP contribution in [0.15, 0.2) is 17.0 Å². The van der Waals surface area contributed by atoms with Gasteiger partial charge in [-0.05, 0) is 54.9 Å². The van der Waals surface area contributed by atoms with Gasteiger partial charge in [0.1, 0.15) is 5.75 Å². The van der Waals surface area contributed by atoms with E-state index in [4.69, 9.17) is 0 Å². The van der Waals surface area contributed by atoms with Gasteiger partial charge in [0.2, 0.25) is 10.0 Å². The maximum Gasteiger partial charge on any atom is 0.239 e. The molecule has 0 aromatic heterocycles. The van der Waals surface area contributed by atoms with Crippen LogP contribution < -0.4 is 0 Å². The van der Waals surface area contributed by atoms with Crippen molar-refractivity contribution in [2.75, 3.05) is 6.54 Å². The van der Waals surface area contributed by atoms with Crippen molar-refractivity contribution < 1.29 is 13.5 Å². The Balaban J connectivity index is 2.65. The highest BCUT2D eigenvalue weighted by atomic mass is 32.2. The molecule has 5 heteroatoms. The van der Waals surface area contributed by atoms with Crippen molar-refractivity contribution in [3.63, 3.8) is 0 Å². The first-order valence-electron chi connectivity index (χ1n) is 9.26. The molecule has 1 fully saturated rings. The van der Waals surface area contributed by atoms with Gasteiger partial charge in [-0.15, -0.1) is 0 Å². The average molecular weight is 380 g/mol. The number of phenols is 1. The van der Waals surface area contributed by atoms with Gasteiger partial charge >= 0.3 is 0 Å². The van der Waals surface area contributed by atoms with Gasteiger partial charge in [0.15, 0.2) is 0 Å². The molecular formula is C21H33NO3S. The van der Waals surface area contributed by atoms with Gasteiger partial charge in [0.25, 0.3) is 0 Å². The van der Waals surface area contributed by atoms with Crippen molar-refractivity contribution in [2.45, 2.75) is 78.7 Å². The predicted molar refractivity (Wildman–Crippen MR) is 109 cm³/mol. The van der Waals surface area contributed by atoms with Crippen molar-refractivity contribution >= 4 is 16.1 Å². The second kappa shape index (κ2) is 6.68. The molecule has 0 saturated carbocycles. The summed E-state index contributed by atoms with van der Waals surface area (Å²) < 4.78 is 27.1. The fourth-order valence-electron chi connectivity index (χ4n) is 3.37. The lowest BCUT2D eigenvalue weighted by atomic mass is 9.78. The number of hydrogen-bond donors (Lipinski definition) is 1. The molecule has 2 rings (SSSR count). The van der Waals surface area contributed by atoms with Crippen LogP contribution in [0, 0.1) is 0 Å². The van der Waals surface area contributed by atoms with E-state index in [1.165, 1.54) is 0 Å². The van der Waals surface area contributed by atoms with Crippen LogP contribution in [0.5, 0.6) is 5.75 Å². The Morgan fingerprint density at radius 3 is 1.85 bits per heavy atom. The van der Waals surface area contributed by atoms with E-state index in [1.807, 2.05) is 26.0 Å². The second-order valence-electron chi connectivity index (χ2n) is 9.53. The molecule has 0 aliphatic carbocycles. The fraction of sp³-hybridized carbons (Fsp3) is 0.619. The first kappa shape index (κ1) is 21.0. The number of aromatic hydroxyl groups is 1. The Hall–Kier alpha value is -1.33. The molecule has 1 aliphatic rings. The third-order valence-corrected chi connectivity index (χ3v) is 7.08. The monoisotopic (exact) mass is 379 g/mol. The summed E-state index contributed by atoms with van der Waals surface area (Å²) in [6.45, 7) is 16.7. The Morgan fingerprint density at radius 2 is 1.50 bits per heavy atom. The molecule has 0 unspecified atom stereocenters. The largest absolute Gasteiger partial charge is 0.507 e. The topological polar surface area (TPSA) is 57.6 Å². The summed E-state index contributed by atoms with van der Waals surface area (Å²) in [5.74, 6) is 0.310. The van der Waals surface area contributed by atoms with Gasteiger partial charge < -0.3 is 5.11 Å². The van der Waals surface area contributed by atoms with E-state index in [0.29, 0.717) is 23.6 Å². The lowest BCUT2D eigenvalue weighted by Gasteiger charge is -2.28. The quantitative estimate of drug-likeness (QED) is 0.805. The zero-order valence-electron chi connectivity index (χ0n) is 17.3. The lowest BCUT2D eigenvalue weighted by molar-refractivity contribution is 0.381. The van der Waals surface area contributed by atoms with Gasteiger partial charge in [0, 0.05) is 23.7 Å². The van der Waals surface area contributed by atoms with Crippen LogP contribution in [0.1, 0.15) is 78.5 Å². The van der Waals surface area contributed by atoms with Crippen molar-refractivity contribution in [3.05, 3.63) is 33.7 Å². The van der Waals surface area contributed by atoms with E-state index in [1.54, 1.807) is 10.4 Å². The van der Waals surface area contributed by atoms with E-state index in [2.05, 4.69) is 41.5 Å². The van der Waals surface area contributed by atoms with Gasteiger partial charge in [-0.2, -0.15) is 4.31 Å². The second-order valence-corrected chi connectivity index (χ2v) is 11.5. The summed E-state index contributed by atoms with van der Waals surface area (Å²) in [5, 5.41) is 10.8. The fourth-order valence-corrected chi connectivity index (χ4v) is 5.19. The maximum absolute atomic E-state index is 12.8. The minimum atomic E-state index is -3.40. The Bertz CT molecular complexity index is 787. The van der Waals surface area contributed by atoms with Crippen LogP contribution in [-0.4, -0.2) is 30.4 Å². The first-order valence-corrected chi connectivity index (χ1v) is 10.7. The summed E-state index contributed by atoms with van der Waals surface area (Å²) in [4.78, 5) is 0.455. The normalized spacial score (nSPS) is 20.3. The molecule has 0 atom stereocenters. The number of nitrogens with zero attached hydrogens (tertiary/aromatic N) is 1. The highest BCUT2D eigenvalue weighted by Crippen LogP contribution is 2.40. The minimum Gasteiger partial charge on any atom is -0.507 e. The molecule has 1 N–H and O–H groups in total. The maximum atomic E-state index is 12.8. The van der Waals surface area contributed by atoms with Crippen LogP contribution in [0.3, 0.4) is 0 Å². The molecule has 4 nitrogen and oxygen atoms in total. The molecule has 146 valence electrons. The van der Waals surface area contributed by atoms with Crippen molar-refractivity contribution in [1.82, 2.24) is 4.31 Å². The van der Waals surface area contributed by atoms with Crippen molar-refractivity contribution in [2.24, 2.45) is 0 Å². The zero-order valence-corrected chi connectivity index (χ0v) is 18.2. The van der Waals surface area contributed by atoms with Crippen molar-refractivity contribution in [1.29, 1.82) is 0 Å². The van der Waals surface area contributed by atoms with Crippen LogP contribution in [0.2, 0.25) is 0 Å². The van der Waals surface area contributed by atoms with Crippen LogP contribution in [-0.2, 0) is 20.9 Å². The van der Waals surface area contributed by atoms with Gasteiger partial charge in [0.05, 0.1) is 4.91 Å². The highest BCUT2D eigenvalue weighted by molar-refractivity contribution is 7.93. The Morgan fingerprint density at radius 1 is 1.04 bits per heavy atom. The SMILES string of the molecule is CC(C)N1CC/C(=C/c2cc(C(C)(C)C)c(O)c(C(C)(C)C)c2)S1(=O)=O. The lowest BCUT2D eigenvalue weighted by Crippen LogP contribution is -2.31.